The number of rotatable bonds is 4. The summed E-state index contributed by atoms with van der Waals surface area (Å²) in [6, 6.07) is 8.37. The van der Waals surface area contributed by atoms with Crippen LogP contribution in [0.1, 0.15) is 19.4 Å². The second-order valence-electron chi connectivity index (χ2n) is 4.99. The lowest BCUT2D eigenvalue weighted by atomic mass is 9.99. The van der Waals surface area contributed by atoms with E-state index in [-0.39, 0.29) is 12.5 Å². The first kappa shape index (κ1) is 13.4. The third-order valence-electron chi connectivity index (χ3n) is 3.22. The van der Waals surface area contributed by atoms with Crippen LogP contribution in [0.15, 0.2) is 30.3 Å². The maximum absolute atomic E-state index is 11.8. The molecule has 0 unspecified atom stereocenters. The number of benzene rings is 1. The summed E-state index contributed by atoms with van der Waals surface area (Å²) in [5, 5.41) is 9.32. The Bertz CT molecular complexity index is 472. The van der Waals surface area contributed by atoms with Crippen molar-refractivity contribution < 1.29 is 19.4 Å². The fourth-order valence-electron chi connectivity index (χ4n) is 2.26. The Morgan fingerprint density at radius 1 is 1.37 bits per heavy atom. The molecule has 1 aliphatic rings. The molecule has 1 aromatic carbocycles. The number of amides is 1. The van der Waals surface area contributed by atoms with Crippen molar-refractivity contribution in [3.63, 3.8) is 0 Å². The number of carbonyl (C=O) groups is 2. The minimum atomic E-state index is -1.03. The Kier molecular flexibility index (Phi) is 3.74. The lowest BCUT2D eigenvalue weighted by Crippen LogP contribution is -2.44. The van der Waals surface area contributed by atoms with Gasteiger partial charge in [-0.15, -0.1) is 0 Å². The smallest absolute Gasteiger partial charge is 0.411 e. The monoisotopic (exact) mass is 263 g/mol. The first-order valence-corrected chi connectivity index (χ1v) is 6.24. The number of hydrogen-bond acceptors (Lipinski definition) is 3. The van der Waals surface area contributed by atoms with Crippen molar-refractivity contribution in [2.45, 2.75) is 32.5 Å². The lowest BCUT2D eigenvalue weighted by Gasteiger charge is -2.22. The number of hydrogen-bond donors (Lipinski definition) is 1. The van der Waals surface area contributed by atoms with E-state index in [0.29, 0.717) is 0 Å². The maximum atomic E-state index is 11.8. The van der Waals surface area contributed by atoms with Crippen LogP contribution in [0.5, 0.6) is 0 Å². The zero-order valence-corrected chi connectivity index (χ0v) is 10.9. The van der Waals surface area contributed by atoms with Crippen LogP contribution in [-0.4, -0.2) is 34.2 Å². The Morgan fingerprint density at radius 3 is 2.53 bits per heavy atom. The van der Waals surface area contributed by atoms with Crippen molar-refractivity contribution in [3.8, 4) is 0 Å². The molecular formula is C14H17NO4. The van der Waals surface area contributed by atoms with Gasteiger partial charge in [-0.2, -0.15) is 0 Å². The first-order valence-electron chi connectivity index (χ1n) is 6.24. The largest absolute Gasteiger partial charge is 0.480 e. The van der Waals surface area contributed by atoms with Crippen molar-refractivity contribution in [1.82, 2.24) is 4.90 Å². The van der Waals surface area contributed by atoms with Gasteiger partial charge in [0.25, 0.3) is 0 Å². The summed E-state index contributed by atoms with van der Waals surface area (Å²) in [6.45, 7) is 3.94. The molecule has 0 bridgehead atoms. The number of cyclic esters (lactones) is 1. The highest BCUT2D eigenvalue weighted by Crippen LogP contribution is 2.27. The van der Waals surface area contributed by atoms with Gasteiger partial charge in [-0.1, -0.05) is 44.2 Å². The van der Waals surface area contributed by atoms with Gasteiger partial charge in [0, 0.05) is 0 Å². The molecule has 19 heavy (non-hydrogen) atoms. The van der Waals surface area contributed by atoms with Crippen LogP contribution in [-0.2, 0) is 16.1 Å². The topological polar surface area (TPSA) is 66.8 Å². The second-order valence-corrected chi connectivity index (χ2v) is 4.99. The Hall–Kier alpha value is -2.04. The molecule has 0 spiro atoms. The molecule has 0 saturated carbocycles. The quantitative estimate of drug-likeness (QED) is 0.903. The average Bonchev–Trinajstić information content (AvgIpc) is 2.68. The van der Waals surface area contributed by atoms with Crippen molar-refractivity contribution in [1.29, 1.82) is 0 Å². The fourth-order valence-corrected chi connectivity index (χ4v) is 2.26. The van der Waals surface area contributed by atoms with E-state index < -0.39 is 24.2 Å². The number of ether oxygens (including phenoxy) is 1. The van der Waals surface area contributed by atoms with E-state index in [1.54, 1.807) is 0 Å². The van der Waals surface area contributed by atoms with E-state index in [1.807, 2.05) is 44.2 Å². The molecule has 1 aliphatic heterocycles. The highest BCUT2D eigenvalue weighted by molar-refractivity contribution is 5.83. The molecule has 1 aromatic rings. The van der Waals surface area contributed by atoms with E-state index in [9.17, 15) is 14.7 Å². The molecule has 5 heteroatoms. The highest BCUT2D eigenvalue weighted by atomic mass is 16.6. The van der Waals surface area contributed by atoms with E-state index in [4.69, 9.17) is 4.74 Å². The van der Waals surface area contributed by atoms with Crippen molar-refractivity contribution in [3.05, 3.63) is 35.9 Å². The van der Waals surface area contributed by atoms with E-state index in [1.165, 1.54) is 4.90 Å². The summed E-state index contributed by atoms with van der Waals surface area (Å²) in [5.74, 6) is -1.06. The molecule has 1 N–H and O–H groups in total. The number of carbonyl (C=O) groups excluding carboxylic acids is 1. The van der Waals surface area contributed by atoms with Crippen molar-refractivity contribution in [2.24, 2.45) is 5.92 Å². The summed E-state index contributed by atoms with van der Waals surface area (Å²) in [6.07, 6.45) is -1.16. The van der Waals surface area contributed by atoms with Gasteiger partial charge >= 0.3 is 12.1 Å². The number of nitrogens with zero attached hydrogens (tertiary/aromatic N) is 1. The second kappa shape index (κ2) is 5.30. The van der Waals surface area contributed by atoms with Crippen LogP contribution in [0, 0.1) is 5.92 Å². The number of carboxylic acid groups (broad SMARTS) is 1. The van der Waals surface area contributed by atoms with E-state index >= 15 is 0 Å². The number of carboxylic acids is 1. The van der Waals surface area contributed by atoms with Crippen LogP contribution in [0.25, 0.3) is 0 Å². The van der Waals surface area contributed by atoms with Gasteiger partial charge in [0.15, 0.2) is 6.04 Å². The van der Waals surface area contributed by atoms with Crippen LogP contribution in [0.2, 0.25) is 0 Å². The summed E-state index contributed by atoms with van der Waals surface area (Å²) >= 11 is 0. The maximum Gasteiger partial charge on any atom is 0.411 e. The van der Waals surface area contributed by atoms with Gasteiger partial charge in [0.1, 0.15) is 6.10 Å². The lowest BCUT2D eigenvalue weighted by molar-refractivity contribution is -0.143. The molecule has 2 atom stereocenters. The van der Waals surface area contributed by atoms with Gasteiger partial charge < -0.3 is 9.84 Å². The molecule has 102 valence electrons. The third-order valence-corrected chi connectivity index (χ3v) is 3.22. The molecule has 1 amide bonds. The molecule has 1 fully saturated rings. The summed E-state index contributed by atoms with van der Waals surface area (Å²) < 4.78 is 5.19. The molecule has 5 nitrogen and oxygen atoms in total. The normalized spacial score (nSPS) is 22.7. The summed E-state index contributed by atoms with van der Waals surface area (Å²) in [4.78, 5) is 24.5. The van der Waals surface area contributed by atoms with E-state index in [2.05, 4.69) is 0 Å². The van der Waals surface area contributed by atoms with Crippen molar-refractivity contribution >= 4 is 12.1 Å². The number of aliphatic carboxylic acids is 1. The SMILES string of the molecule is CC(C)[C@@H]1OC(=O)N(Cc2ccccc2)[C@H]1C(=O)O. The molecule has 1 saturated heterocycles. The standard InChI is InChI=1S/C14H17NO4/c1-9(2)12-11(13(16)17)15(14(18)19-12)8-10-6-4-3-5-7-10/h3-7,9,11-12H,8H2,1-2H3,(H,16,17)/t11-,12+/m1/s1. The Balaban J connectivity index is 2.22. The zero-order chi connectivity index (χ0) is 14.0. The molecule has 2 rings (SSSR count). The highest BCUT2D eigenvalue weighted by Gasteiger charge is 2.47. The van der Waals surface area contributed by atoms with Gasteiger partial charge in [-0.05, 0) is 11.5 Å². The first-order chi connectivity index (χ1) is 9.00. The molecular weight excluding hydrogens is 246 g/mol. The van der Waals surface area contributed by atoms with Gasteiger partial charge in [0.2, 0.25) is 0 Å². The molecule has 0 radical (unpaired) electrons. The van der Waals surface area contributed by atoms with Gasteiger partial charge in [-0.3, -0.25) is 4.90 Å². The summed E-state index contributed by atoms with van der Waals surface area (Å²) in [7, 11) is 0. The zero-order valence-electron chi connectivity index (χ0n) is 10.9. The van der Waals surface area contributed by atoms with Crippen LogP contribution in [0.3, 0.4) is 0 Å². The molecule has 1 heterocycles. The van der Waals surface area contributed by atoms with E-state index in [0.717, 1.165) is 5.56 Å². The van der Waals surface area contributed by atoms with Crippen LogP contribution < -0.4 is 0 Å². The van der Waals surface area contributed by atoms with Crippen molar-refractivity contribution in [2.75, 3.05) is 0 Å². The van der Waals surface area contributed by atoms with Crippen LogP contribution >= 0.6 is 0 Å². The minimum Gasteiger partial charge on any atom is -0.480 e. The molecule has 0 aliphatic carbocycles. The molecule has 0 aromatic heterocycles. The fraction of sp³-hybridized carbons (Fsp3) is 0.429. The van der Waals surface area contributed by atoms with Crippen LogP contribution in [0.4, 0.5) is 4.79 Å². The predicted octanol–water partition coefficient (Wildman–Crippen LogP) is 2.12. The predicted molar refractivity (Wildman–Crippen MR) is 68.5 cm³/mol. The van der Waals surface area contributed by atoms with Gasteiger partial charge in [-0.25, -0.2) is 9.59 Å². The average molecular weight is 263 g/mol. The Labute approximate surface area is 111 Å². The van der Waals surface area contributed by atoms with Gasteiger partial charge in [0.05, 0.1) is 6.54 Å². The minimum absolute atomic E-state index is 0.0363. The third kappa shape index (κ3) is 2.70. The summed E-state index contributed by atoms with van der Waals surface area (Å²) in [5.41, 5.74) is 0.884. The Morgan fingerprint density at radius 2 is 2.00 bits per heavy atom.